The van der Waals surface area contributed by atoms with Gasteiger partial charge in [-0.2, -0.15) is 0 Å². The average molecular weight is 343 g/mol. The Bertz CT molecular complexity index is 728. The number of carbonyl (C=O) groups is 2. The third-order valence-corrected chi connectivity index (χ3v) is 3.91. The zero-order valence-corrected chi connectivity index (χ0v) is 14.5. The molecule has 0 saturated heterocycles. The van der Waals surface area contributed by atoms with Gasteiger partial charge in [0.25, 0.3) is 11.8 Å². The van der Waals surface area contributed by atoms with Gasteiger partial charge in [0.1, 0.15) is 5.82 Å². The summed E-state index contributed by atoms with van der Waals surface area (Å²) in [4.78, 5) is 30.2. The van der Waals surface area contributed by atoms with E-state index in [0.717, 1.165) is 5.56 Å². The molecule has 1 N–H and O–H groups in total. The number of amides is 2. The standard InChI is InChI=1S/C19H22FN3O2/c1-3-23(4-2)19(25)16-11-15(12-21-13-16)18(24)22-10-9-14-5-7-17(20)8-6-14/h5-8,11-13H,3-4,9-10H2,1-2H3,(H,22,24). The molecule has 0 saturated carbocycles. The Labute approximate surface area is 146 Å². The monoisotopic (exact) mass is 343 g/mol. The molecule has 0 radical (unpaired) electrons. The van der Waals surface area contributed by atoms with E-state index in [1.165, 1.54) is 24.5 Å². The molecule has 5 nitrogen and oxygen atoms in total. The number of rotatable bonds is 7. The summed E-state index contributed by atoms with van der Waals surface area (Å²) < 4.78 is 12.9. The van der Waals surface area contributed by atoms with Gasteiger partial charge < -0.3 is 10.2 Å². The molecule has 0 aliphatic heterocycles. The maximum absolute atomic E-state index is 12.9. The van der Waals surface area contributed by atoms with Gasteiger partial charge in [-0.05, 0) is 44.0 Å². The van der Waals surface area contributed by atoms with Crippen LogP contribution in [0.15, 0.2) is 42.7 Å². The van der Waals surface area contributed by atoms with E-state index in [0.29, 0.717) is 37.2 Å². The molecule has 0 atom stereocenters. The highest BCUT2D eigenvalue weighted by molar-refractivity contribution is 5.99. The van der Waals surface area contributed by atoms with E-state index in [2.05, 4.69) is 10.3 Å². The molecular formula is C19H22FN3O2. The molecule has 0 aliphatic carbocycles. The minimum absolute atomic E-state index is 0.140. The van der Waals surface area contributed by atoms with Crippen LogP contribution in [0, 0.1) is 5.82 Å². The highest BCUT2D eigenvalue weighted by Gasteiger charge is 2.15. The number of carbonyl (C=O) groups excluding carboxylic acids is 2. The zero-order chi connectivity index (χ0) is 18.2. The Morgan fingerprint density at radius 2 is 1.72 bits per heavy atom. The normalized spacial score (nSPS) is 10.4. The van der Waals surface area contributed by atoms with Crippen LogP contribution in [0.4, 0.5) is 4.39 Å². The lowest BCUT2D eigenvalue weighted by molar-refractivity contribution is 0.0772. The van der Waals surface area contributed by atoms with Crippen LogP contribution in [0.5, 0.6) is 0 Å². The molecule has 0 bridgehead atoms. The maximum atomic E-state index is 12.9. The number of nitrogens with one attached hydrogen (secondary N) is 1. The first-order valence-corrected chi connectivity index (χ1v) is 8.32. The van der Waals surface area contributed by atoms with Crippen molar-refractivity contribution in [2.45, 2.75) is 20.3 Å². The molecule has 132 valence electrons. The van der Waals surface area contributed by atoms with Crippen molar-refractivity contribution in [1.29, 1.82) is 0 Å². The van der Waals surface area contributed by atoms with Crippen molar-refractivity contribution < 1.29 is 14.0 Å². The molecule has 25 heavy (non-hydrogen) atoms. The third-order valence-electron chi connectivity index (χ3n) is 3.91. The molecule has 1 aromatic carbocycles. The fourth-order valence-corrected chi connectivity index (χ4v) is 2.45. The summed E-state index contributed by atoms with van der Waals surface area (Å²) >= 11 is 0. The molecule has 0 spiro atoms. The van der Waals surface area contributed by atoms with E-state index in [9.17, 15) is 14.0 Å². The van der Waals surface area contributed by atoms with E-state index in [1.54, 1.807) is 23.1 Å². The van der Waals surface area contributed by atoms with Crippen molar-refractivity contribution in [3.05, 3.63) is 65.2 Å². The second-order valence-corrected chi connectivity index (χ2v) is 5.57. The van der Waals surface area contributed by atoms with E-state index in [-0.39, 0.29) is 17.6 Å². The molecule has 2 rings (SSSR count). The highest BCUT2D eigenvalue weighted by Crippen LogP contribution is 2.07. The quantitative estimate of drug-likeness (QED) is 0.841. The van der Waals surface area contributed by atoms with Crippen LogP contribution in [0.25, 0.3) is 0 Å². The van der Waals surface area contributed by atoms with Crippen molar-refractivity contribution in [2.75, 3.05) is 19.6 Å². The highest BCUT2D eigenvalue weighted by atomic mass is 19.1. The molecule has 1 aromatic heterocycles. The number of hydrogen-bond donors (Lipinski definition) is 1. The first-order chi connectivity index (χ1) is 12.0. The zero-order valence-electron chi connectivity index (χ0n) is 14.5. The van der Waals surface area contributed by atoms with Gasteiger partial charge in [0, 0.05) is 32.0 Å². The number of halogens is 1. The number of hydrogen-bond acceptors (Lipinski definition) is 3. The number of nitrogens with zero attached hydrogens (tertiary/aromatic N) is 2. The van der Waals surface area contributed by atoms with E-state index in [1.807, 2.05) is 13.8 Å². The summed E-state index contributed by atoms with van der Waals surface area (Å²) in [7, 11) is 0. The van der Waals surface area contributed by atoms with Gasteiger partial charge in [-0.1, -0.05) is 12.1 Å². The van der Waals surface area contributed by atoms with Gasteiger partial charge in [-0.25, -0.2) is 4.39 Å². The molecular weight excluding hydrogens is 321 g/mol. The molecule has 0 unspecified atom stereocenters. The molecule has 1 heterocycles. The molecule has 6 heteroatoms. The van der Waals surface area contributed by atoms with Crippen LogP contribution in [0.1, 0.15) is 40.1 Å². The Kier molecular flexibility index (Phi) is 6.62. The van der Waals surface area contributed by atoms with Gasteiger partial charge in [-0.3, -0.25) is 14.6 Å². The smallest absolute Gasteiger partial charge is 0.255 e. The largest absolute Gasteiger partial charge is 0.352 e. The Balaban J connectivity index is 1.96. The van der Waals surface area contributed by atoms with Crippen molar-refractivity contribution in [1.82, 2.24) is 15.2 Å². The van der Waals surface area contributed by atoms with Crippen LogP contribution < -0.4 is 5.32 Å². The minimum atomic E-state index is -0.288. The number of aromatic nitrogens is 1. The average Bonchev–Trinajstić information content (AvgIpc) is 2.64. The van der Waals surface area contributed by atoms with Gasteiger partial charge in [-0.15, -0.1) is 0 Å². The van der Waals surface area contributed by atoms with Crippen LogP contribution in [0.2, 0.25) is 0 Å². The summed E-state index contributed by atoms with van der Waals surface area (Å²) in [5.41, 5.74) is 1.68. The molecule has 0 aliphatic rings. The Morgan fingerprint density at radius 1 is 1.08 bits per heavy atom. The van der Waals surface area contributed by atoms with Gasteiger partial charge in [0.15, 0.2) is 0 Å². The predicted octanol–water partition coefficient (Wildman–Crippen LogP) is 2.68. The van der Waals surface area contributed by atoms with E-state index < -0.39 is 0 Å². The topological polar surface area (TPSA) is 62.3 Å². The lowest BCUT2D eigenvalue weighted by atomic mass is 10.1. The van der Waals surface area contributed by atoms with Crippen molar-refractivity contribution in [3.63, 3.8) is 0 Å². The SMILES string of the molecule is CCN(CC)C(=O)c1cncc(C(=O)NCCc2ccc(F)cc2)c1. The second kappa shape index (κ2) is 8.92. The fraction of sp³-hybridized carbons (Fsp3) is 0.316. The van der Waals surface area contributed by atoms with E-state index >= 15 is 0 Å². The van der Waals surface area contributed by atoms with Crippen molar-refractivity contribution in [2.24, 2.45) is 0 Å². The molecule has 2 aromatic rings. The summed E-state index contributed by atoms with van der Waals surface area (Å²) in [6.45, 7) is 5.42. The Morgan fingerprint density at radius 3 is 2.36 bits per heavy atom. The minimum Gasteiger partial charge on any atom is -0.352 e. The van der Waals surface area contributed by atoms with Crippen LogP contribution in [-0.2, 0) is 6.42 Å². The fourth-order valence-electron chi connectivity index (χ4n) is 2.45. The van der Waals surface area contributed by atoms with Crippen molar-refractivity contribution in [3.8, 4) is 0 Å². The second-order valence-electron chi connectivity index (χ2n) is 5.57. The van der Waals surface area contributed by atoms with E-state index in [4.69, 9.17) is 0 Å². The lowest BCUT2D eigenvalue weighted by Gasteiger charge is -2.18. The molecule has 2 amide bonds. The summed E-state index contributed by atoms with van der Waals surface area (Å²) in [5.74, 6) is -0.712. The predicted molar refractivity (Wildman–Crippen MR) is 93.9 cm³/mol. The summed E-state index contributed by atoms with van der Waals surface area (Å²) in [6.07, 6.45) is 3.50. The first-order valence-electron chi connectivity index (χ1n) is 8.32. The lowest BCUT2D eigenvalue weighted by Crippen LogP contribution is -2.31. The summed E-state index contributed by atoms with van der Waals surface area (Å²) in [6, 6.07) is 7.71. The first kappa shape index (κ1) is 18.6. The number of pyridine rings is 1. The summed E-state index contributed by atoms with van der Waals surface area (Å²) in [5, 5.41) is 2.79. The third kappa shape index (κ3) is 5.11. The Hall–Kier alpha value is -2.76. The van der Waals surface area contributed by atoms with Crippen LogP contribution >= 0.6 is 0 Å². The van der Waals surface area contributed by atoms with Crippen LogP contribution in [0.3, 0.4) is 0 Å². The van der Waals surface area contributed by atoms with Gasteiger partial charge in [0.05, 0.1) is 11.1 Å². The van der Waals surface area contributed by atoms with Gasteiger partial charge >= 0.3 is 0 Å². The molecule has 0 fully saturated rings. The van der Waals surface area contributed by atoms with Crippen LogP contribution in [-0.4, -0.2) is 41.3 Å². The maximum Gasteiger partial charge on any atom is 0.255 e. The van der Waals surface area contributed by atoms with Crippen molar-refractivity contribution >= 4 is 11.8 Å². The van der Waals surface area contributed by atoms with Gasteiger partial charge in [0.2, 0.25) is 0 Å². The number of benzene rings is 1.